The topological polar surface area (TPSA) is 23.5 Å². The maximum absolute atomic E-state index is 9.85. The van der Waals surface area contributed by atoms with Crippen LogP contribution in [0.5, 0.6) is 0 Å². The number of likely N-dealkylation sites (tertiary alicyclic amines) is 1. The Labute approximate surface area is 114 Å². The highest BCUT2D eigenvalue weighted by molar-refractivity contribution is 7.98. The average molecular weight is 265 g/mol. The number of β-amino-alcohol motifs (C(OH)–C–C–N with tert-alkyl or cyclic N) is 1. The first-order valence-electron chi connectivity index (χ1n) is 6.74. The molecule has 0 bridgehead atoms. The molecule has 1 N–H and O–H groups in total. The third-order valence-electron chi connectivity index (χ3n) is 3.56. The Morgan fingerprint density at radius 1 is 1.28 bits per heavy atom. The van der Waals surface area contributed by atoms with Crippen LogP contribution in [-0.2, 0) is 5.75 Å². The Hall–Kier alpha value is -0.510. The van der Waals surface area contributed by atoms with Crippen molar-refractivity contribution in [2.75, 3.05) is 25.9 Å². The highest BCUT2D eigenvalue weighted by Crippen LogP contribution is 2.22. The van der Waals surface area contributed by atoms with E-state index >= 15 is 0 Å². The van der Waals surface area contributed by atoms with Crippen LogP contribution in [0.3, 0.4) is 0 Å². The van der Waals surface area contributed by atoms with Gasteiger partial charge in [-0.15, -0.1) is 0 Å². The molecule has 0 saturated carbocycles. The largest absolute Gasteiger partial charge is 0.391 e. The first kappa shape index (κ1) is 13.9. The van der Waals surface area contributed by atoms with Gasteiger partial charge in [-0.25, -0.2) is 0 Å². The summed E-state index contributed by atoms with van der Waals surface area (Å²) in [6, 6.07) is 10.6. The zero-order valence-electron chi connectivity index (χ0n) is 11.1. The number of nitrogens with zero attached hydrogens (tertiary/aromatic N) is 1. The van der Waals surface area contributed by atoms with Crippen molar-refractivity contribution in [2.45, 2.75) is 24.7 Å². The minimum Gasteiger partial charge on any atom is -0.391 e. The summed E-state index contributed by atoms with van der Waals surface area (Å²) in [4.78, 5) is 2.23. The molecule has 1 aliphatic rings. The number of rotatable bonds is 6. The number of benzene rings is 1. The third-order valence-corrected chi connectivity index (χ3v) is 4.68. The molecule has 1 saturated heterocycles. The molecule has 0 radical (unpaired) electrons. The molecular formula is C15H23NOS. The monoisotopic (exact) mass is 265 g/mol. The van der Waals surface area contributed by atoms with Gasteiger partial charge in [0, 0.05) is 18.8 Å². The number of aliphatic hydroxyl groups is 1. The quantitative estimate of drug-likeness (QED) is 0.800. The van der Waals surface area contributed by atoms with E-state index in [1.165, 1.54) is 17.7 Å². The van der Waals surface area contributed by atoms with Crippen molar-refractivity contribution < 1.29 is 5.11 Å². The molecule has 1 heterocycles. The van der Waals surface area contributed by atoms with E-state index in [2.05, 4.69) is 42.3 Å². The predicted octanol–water partition coefficient (Wildman–Crippen LogP) is 2.62. The van der Waals surface area contributed by atoms with E-state index < -0.39 is 0 Å². The maximum Gasteiger partial charge on any atom is 0.0707 e. The molecular weight excluding hydrogens is 242 g/mol. The fourth-order valence-corrected chi connectivity index (χ4v) is 3.50. The molecule has 0 aliphatic carbocycles. The third kappa shape index (κ3) is 4.30. The first-order chi connectivity index (χ1) is 8.75. The minimum atomic E-state index is -0.103. The molecule has 3 heteroatoms. The number of thioether (sulfide) groups is 1. The van der Waals surface area contributed by atoms with Gasteiger partial charge in [-0.1, -0.05) is 30.3 Å². The van der Waals surface area contributed by atoms with E-state index in [1.807, 2.05) is 11.8 Å². The molecule has 0 unspecified atom stereocenters. The van der Waals surface area contributed by atoms with E-state index in [0.717, 1.165) is 25.3 Å². The lowest BCUT2D eigenvalue weighted by molar-refractivity contribution is 0.139. The van der Waals surface area contributed by atoms with E-state index in [4.69, 9.17) is 0 Å². The fourth-order valence-electron chi connectivity index (χ4n) is 2.56. The van der Waals surface area contributed by atoms with Crippen LogP contribution in [0.4, 0.5) is 0 Å². The smallest absolute Gasteiger partial charge is 0.0707 e. The Morgan fingerprint density at radius 3 is 2.72 bits per heavy atom. The minimum absolute atomic E-state index is 0.103. The van der Waals surface area contributed by atoms with Crippen molar-refractivity contribution in [1.82, 2.24) is 4.90 Å². The van der Waals surface area contributed by atoms with Crippen LogP contribution < -0.4 is 0 Å². The van der Waals surface area contributed by atoms with E-state index in [1.54, 1.807) is 0 Å². The van der Waals surface area contributed by atoms with Crippen molar-refractivity contribution >= 4 is 11.8 Å². The van der Waals surface area contributed by atoms with Crippen LogP contribution >= 0.6 is 11.8 Å². The lowest BCUT2D eigenvalue weighted by atomic mass is 10.0. The predicted molar refractivity (Wildman–Crippen MR) is 78.8 cm³/mol. The van der Waals surface area contributed by atoms with Crippen LogP contribution in [0.2, 0.25) is 0 Å². The van der Waals surface area contributed by atoms with Crippen molar-refractivity contribution in [3.63, 3.8) is 0 Å². The van der Waals surface area contributed by atoms with Crippen LogP contribution in [0.1, 0.15) is 18.4 Å². The van der Waals surface area contributed by atoms with Gasteiger partial charge >= 0.3 is 0 Å². The summed E-state index contributed by atoms with van der Waals surface area (Å²) in [6.07, 6.45) is 2.27. The Balaban J connectivity index is 1.57. The zero-order chi connectivity index (χ0) is 12.8. The molecule has 1 aliphatic heterocycles. The van der Waals surface area contributed by atoms with Crippen molar-refractivity contribution in [2.24, 2.45) is 5.92 Å². The number of likely N-dealkylation sites (N-methyl/N-ethyl adjacent to an activating group) is 1. The maximum atomic E-state index is 9.85. The molecule has 100 valence electrons. The van der Waals surface area contributed by atoms with Gasteiger partial charge in [-0.3, -0.25) is 0 Å². The Kier molecular flexibility index (Phi) is 5.54. The van der Waals surface area contributed by atoms with Gasteiger partial charge in [0.25, 0.3) is 0 Å². The Bertz CT molecular complexity index is 344. The van der Waals surface area contributed by atoms with E-state index in [-0.39, 0.29) is 6.10 Å². The molecule has 1 aromatic rings. The van der Waals surface area contributed by atoms with Gasteiger partial charge in [0.05, 0.1) is 6.10 Å². The molecule has 2 atom stereocenters. The summed E-state index contributed by atoms with van der Waals surface area (Å²) in [5.74, 6) is 2.79. The van der Waals surface area contributed by atoms with Gasteiger partial charge in [-0.05, 0) is 37.1 Å². The second-order valence-corrected chi connectivity index (χ2v) is 6.33. The molecule has 0 spiro atoms. The lowest BCUT2D eigenvalue weighted by Gasteiger charge is -2.12. The molecule has 1 fully saturated rings. The van der Waals surface area contributed by atoms with Gasteiger partial charge < -0.3 is 10.0 Å². The number of aliphatic hydroxyl groups excluding tert-OH is 1. The second-order valence-electron chi connectivity index (χ2n) is 5.23. The summed E-state index contributed by atoms with van der Waals surface area (Å²) in [6.45, 7) is 1.91. The first-order valence-corrected chi connectivity index (χ1v) is 7.89. The summed E-state index contributed by atoms with van der Waals surface area (Å²) in [5.41, 5.74) is 1.41. The van der Waals surface area contributed by atoms with E-state index in [0.29, 0.717) is 5.92 Å². The lowest BCUT2D eigenvalue weighted by Crippen LogP contribution is -2.18. The zero-order valence-corrected chi connectivity index (χ0v) is 11.9. The Morgan fingerprint density at radius 2 is 2.06 bits per heavy atom. The van der Waals surface area contributed by atoms with Crippen molar-refractivity contribution in [3.05, 3.63) is 35.9 Å². The van der Waals surface area contributed by atoms with Crippen LogP contribution in [0.15, 0.2) is 30.3 Å². The molecule has 2 nitrogen and oxygen atoms in total. The fraction of sp³-hybridized carbons (Fsp3) is 0.600. The summed E-state index contributed by atoms with van der Waals surface area (Å²) in [7, 11) is 2.09. The molecule has 0 aromatic heterocycles. The highest BCUT2D eigenvalue weighted by Gasteiger charge is 2.28. The van der Waals surface area contributed by atoms with Crippen LogP contribution in [-0.4, -0.2) is 42.0 Å². The molecule has 18 heavy (non-hydrogen) atoms. The van der Waals surface area contributed by atoms with Crippen molar-refractivity contribution in [1.29, 1.82) is 0 Å². The average Bonchev–Trinajstić information content (AvgIpc) is 2.69. The van der Waals surface area contributed by atoms with Gasteiger partial charge in [0.2, 0.25) is 0 Å². The normalized spacial score (nSPS) is 24.6. The standard InChI is InChI=1S/C15H23NOS/c1-16-10-14(15(17)11-16)8-5-9-18-12-13-6-3-2-4-7-13/h2-4,6-7,14-15,17H,5,8-12H2,1H3/t14-,15-/m0/s1. The number of hydrogen-bond acceptors (Lipinski definition) is 3. The molecule has 2 rings (SSSR count). The summed E-state index contributed by atoms with van der Waals surface area (Å²) in [5, 5.41) is 9.85. The van der Waals surface area contributed by atoms with E-state index in [9.17, 15) is 5.11 Å². The van der Waals surface area contributed by atoms with Gasteiger partial charge in [0.1, 0.15) is 0 Å². The second kappa shape index (κ2) is 7.17. The summed E-state index contributed by atoms with van der Waals surface area (Å²) < 4.78 is 0. The SMILES string of the molecule is CN1C[C@H](CCCSCc2ccccc2)[C@@H](O)C1. The van der Waals surface area contributed by atoms with Gasteiger partial charge in [0.15, 0.2) is 0 Å². The van der Waals surface area contributed by atoms with Gasteiger partial charge in [-0.2, -0.15) is 11.8 Å². The molecule has 1 aromatic carbocycles. The number of hydrogen-bond donors (Lipinski definition) is 1. The van der Waals surface area contributed by atoms with Crippen molar-refractivity contribution in [3.8, 4) is 0 Å². The van der Waals surface area contributed by atoms with Crippen LogP contribution in [0, 0.1) is 5.92 Å². The highest BCUT2D eigenvalue weighted by atomic mass is 32.2. The molecule has 0 amide bonds. The summed E-state index contributed by atoms with van der Waals surface area (Å²) >= 11 is 2.00. The van der Waals surface area contributed by atoms with Crippen LogP contribution in [0.25, 0.3) is 0 Å².